The Morgan fingerprint density at radius 2 is 1.22 bits per heavy atom. The van der Waals surface area contributed by atoms with Crippen LogP contribution < -0.4 is 0 Å². The summed E-state index contributed by atoms with van der Waals surface area (Å²) in [5.41, 5.74) is -3.93. The third-order valence-corrected chi connectivity index (χ3v) is 3.03. The van der Waals surface area contributed by atoms with Crippen molar-refractivity contribution in [3.05, 3.63) is 64.8 Å². The number of hydrogen-bond donors (Lipinski definition) is 0. The fourth-order valence-electron chi connectivity index (χ4n) is 1.96. The molecule has 0 aliphatic carbocycles. The number of alkyl halides is 6. The molecular weight excluding hydrogens is 327 g/mol. The quantitative estimate of drug-likeness (QED) is 0.440. The van der Waals surface area contributed by atoms with Crippen LogP contribution in [0, 0.1) is 12.4 Å². The molecule has 0 atom stereocenters. The molecule has 0 saturated heterocycles. The van der Waals surface area contributed by atoms with Crippen LogP contribution >= 0.6 is 0 Å². The van der Waals surface area contributed by atoms with Gasteiger partial charge in [0.05, 0.1) is 17.7 Å². The third-order valence-electron chi connectivity index (χ3n) is 3.03. The highest BCUT2D eigenvalue weighted by Gasteiger charge is 2.35. The molecule has 1 nitrogen and oxygen atoms in total. The highest BCUT2D eigenvalue weighted by molar-refractivity contribution is 5.70. The number of benzene rings is 2. The molecule has 0 N–H and O–H groups in total. The average Bonchev–Trinajstić information content (AvgIpc) is 2.45. The second kappa shape index (κ2) is 5.57. The van der Waals surface area contributed by atoms with E-state index in [0.29, 0.717) is 18.2 Å². The maximum absolute atomic E-state index is 13.2. The molecule has 0 fully saturated rings. The molecule has 0 aromatic heterocycles. The highest BCUT2D eigenvalue weighted by Crippen LogP contribution is 2.40. The van der Waals surface area contributed by atoms with Crippen LogP contribution in [0.15, 0.2) is 36.4 Å². The van der Waals surface area contributed by atoms with E-state index in [1.165, 1.54) is 0 Å². The Kier molecular flexibility index (Phi) is 4.07. The van der Waals surface area contributed by atoms with E-state index in [-0.39, 0.29) is 11.1 Å². The van der Waals surface area contributed by atoms with E-state index in [1.807, 2.05) is 0 Å². The zero-order chi connectivity index (χ0) is 17.4. The van der Waals surface area contributed by atoms with Crippen LogP contribution in [-0.2, 0) is 12.4 Å². The molecule has 0 aliphatic heterocycles. The van der Waals surface area contributed by atoms with Crippen molar-refractivity contribution < 1.29 is 30.7 Å². The zero-order valence-electron chi connectivity index (χ0n) is 11.1. The molecule has 0 aliphatic rings. The molecule has 0 radical (unpaired) electrons. The number of halogens is 7. The molecule has 2 rings (SSSR count). The van der Waals surface area contributed by atoms with Crippen LogP contribution in [0.2, 0.25) is 0 Å². The van der Waals surface area contributed by atoms with Crippen LogP contribution in [0.3, 0.4) is 0 Å². The Labute approximate surface area is 125 Å². The standard InChI is InChI=1S/C15H6F7N/c1-23-13-5-3-9(7-11(13)15(20,21)22)8-2-4-12(16)10(6-8)14(17,18)19/h2-7H. The molecule has 23 heavy (non-hydrogen) atoms. The minimum Gasteiger partial charge on any atom is -0.238 e. The molecular formula is C15H6F7N. The lowest BCUT2D eigenvalue weighted by atomic mass is 9.99. The molecule has 120 valence electrons. The van der Waals surface area contributed by atoms with Gasteiger partial charge in [-0.05, 0) is 23.3 Å². The van der Waals surface area contributed by atoms with Gasteiger partial charge in [-0.1, -0.05) is 24.3 Å². The van der Waals surface area contributed by atoms with E-state index < -0.39 is 35.0 Å². The Hall–Kier alpha value is -2.56. The molecule has 0 bridgehead atoms. The second-order valence-corrected chi connectivity index (χ2v) is 4.53. The number of nitrogens with zero attached hydrogens (tertiary/aromatic N) is 1. The molecule has 2 aromatic rings. The van der Waals surface area contributed by atoms with Crippen molar-refractivity contribution in [3.8, 4) is 11.1 Å². The molecule has 0 saturated carbocycles. The van der Waals surface area contributed by atoms with Gasteiger partial charge < -0.3 is 0 Å². The summed E-state index contributed by atoms with van der Waals surface area (Å²) in [6.07, 6.45) is -9.80. The van der Waals surface area contributed by atoms with Gasteiger partial charge in [-0.3, -0.25) is 0 Å². The van der Waals surface area contributed by atoms with E-state index >= 15 is 0 Å². The Morgan fingerprint density at radius 1 is 0.739 bits per heavy atom. The average molecular weight is 333 g/mol. The van der Waals surface area contributed by atoms with Crippen molar-refractivity contribution in [3.63, 3.8) is 0 Å². The van der Waals surface area contributed by atoms with Crippen LogP contribution in [0.5, 0.6) is 0 Å². The molecule has 0 amide bonds. The maximum atomic E-state index is 13.2. The van der Waals surface area contributed by atoms with Crippen LogP contribution in [-0.4, -0.2) is 0 Å². The van der Waals surface area contributed by atoms with Gasteiger partial charge in [0.25, 0.3) is 0 Å². The summed E-state index contributed by atoms with van der Waals surface area (Å²) in [4.78, 5) is 2.73. The fourth-order valence-corrected chi connectivity index (χ4v) is 1.96. The van der Waals surface area contributed by atoms with E-state index in [9.17, 15) is 30.7 Å². The monoisotopic (exact) mass is 333 g/mol. The number of rotatable bonds is 1. The van der Waals surface area contributed by atoms with Gasteiger partial charge in [0.1, 0.15) is 5.82 Å². The lowest BCUT2D eigenvalue weighted by molar-refractivity contribution is -0.140. The minimum absolute atomic E-state index is 0.199. The van der Waals surface area contributed by atoms with Crippen LogP contribution in [0.4, 0.5) is 36.4 Å². The van der Waals surface area contributed by atoms with Crippen molar-refractivity contribution in [2.45, 2.75) is 12.4 Å². The SMILES string of the molecule is [C-]#[N+]c1ccc(-c2ccc(F)c(C(F)(F)F)c2)cc1C(F)(F)F. The van der Waals surface area contributed by atoms with E-state index in [0.717, 1.165) is 18.2 Å². The lowest BCUT2D eigenvalue weighted by Crippen LogP contribution is -2.08. The summed E-state index contributed by atoms with van der Waals surface area (Å²) < 4.78 is 89.9. The topological polar surface area (TPSA) is 4.36 Å². The summed E-state index contributed by atoms with van der Waals surface area (Å²) in [6.45, 7) is 6.71. The smallest absolute Gasteiger partial charge is 0.238 e. The summed E-state index contributed by atoms with van der Waals surface area (Å²) in [6, 6.07) is 4.42. The highest BCUT2D eigenvalue weighted by atomic mass is 19.4. The maximum Gasteiger partial charge on any atom is 0.419 e. The molecule has 8 heteroatoms. The summed E-state index contributed by atoms with van der Waals surface area (Å²) >= 11 is 0. The van der Waals surface area contributed by atoms with Gasteiger partial charge in [-0.25, -0.2) is 9.24 Å². The van der Waals surface area contributed by atoms with Crippen molar-refractivity contribution in [2.24, 2.45) is 0 Å². The van der Waals surface area contributed by atoms with Gasteiger partial charge in [-0.2, -0.15) is 26.3 Å². The largest absolute Gasteiger partial charge is 0.419 e. The number of hydrogen-bond acceptors (Lipinski definition) is 0. The Balaban J connectivity index is 2.63. The van der Waals surface area contributed by atoms with Gasteiger partial charge in [0, 0.05) is 0 Å². The summed E-state index contributed by atoms with van der Waals surface area (Å²) in [7, 11) is 0. The van der Waals surface area contributed by atoms with Gasteiger partial charge >= 0.3 is 12.4 Å². The summed E-state index contributed by atoms with van der Waals surface area (Å²) in [5, 5.41) is 0. The van der Waals surface area contributed by atoms with Gasteiger partial charge in [0.2, 0.25) is 0 Å². The van der Waals surface area contributed by atoms with E-state index in [4.69, 9.17) is 6.57 Å². The second-order valence-electron chi connectivity index (χ2n) is 4.53. The first kappa shape index (κ1) is 16.8. The molecule has 0 spiro atoms. The Morgan fingerprint density at radius 3 is 1.70 bits per heavy atom. The van der Waals surface area contributed by atoms with Crippen LogP contribution in [0.25, 0.3) is 16.0 Å². The van der Waals surface area contributed by atoms with Crippen molar-refractivity contribution in [2.75, 3.05) is 0 Å². The van der Waals surface area contributed by atoms with Crippen molar-refractivity contribution in [1.29, 1.82) is 0 Å². The first-order valence-corrected chi connectivity index (χ1v) is 6.00. The predicted molar refractivity (Wildman–Crippen MR) is 68.1 cm³/mol. The van der Waals surface area contributed by atoms with Gasteiger partial charge in [0.15, 0.2) is 5.69 Å². The fraction of sp³-hybridized carbons (Fsp3) is 0.133. The summed E-state index contributed by atoms with van der Waals surface area (Å²) in [5.74, 6) is -1.52. The normalized spacial score (nSPS) is 12.1. The van der Waals surface area contributed by atoms with Gasteiger partial charge in [-0.15, -0.1) is 0 Å². The minimum atomic E-state index is -4.97. The van der Waals surface area contributed by atoms with E-state index in [1.54, 1.807) is 0 Å². The van der Waals surface area contributed by atoms with Crippen LogP contribution in [0.1, 0.15) is 11.1 Å². The van der Waals surface area contributed by atoms with E-state index in [2.05, 4.69) is 4.85 Å². The predicted octanol–water partition coefficient (Wildman–Crippen LogP) is 6.08. The first-order chi connectivity index (χ1) is 10.5. The third kappa shape index (κ3) is 3.44. The zero-order valence-corrected chi connectivity index (χ0v) is 11.1. The van der Waals surface area contributed by atoms with Crippen molar-refractivity contribution >= 4 is 5.69 Å². The molecule has 0 heterocycles. The lowest BCUT2D eigenvalue weighted by Gasteiger charge is -2.13. The molecule has 0 unspecified atom stereocenters. The van der Waals surface area contributed by atoms with Crippen molar-refractivity contribution in [1.82, 2.24) is 0 Å². The first-order valence-electron chi connectivity index (χ1n) is 6.00. The Bertz CT molecular complexity index is 782. The molecule has 2 aromatic carbocycles.